The molecule has 3 aromatic heterocycles. The highest BCUT2D eigenvalue weighted by Gasteiger charge is 2.29. The van der Waals surface area contributed by atoms with E-state index in [0.29, 0.717) is 33.9 Å². The zero-order chi connectivity index (χ0) is 28.6. The van der Waals surface area contributed by atoms with Crippen LogP contribution in [0, 0.1) is 12.7 Å². The third-order valence-electron chi connectivity index (χ3n) is 7.61. The molecule has 0 bridgehead atoms. The number of alkyl halides is 2. The molecule has 2 radical (unpaired) electrons. The second-order valence-electron chi connectivity index (χ2n) is 10.5. The summed E-state index contributed by atoms with van der Waals surface area (Å²) in [4.78, 5) is 11.4. The third-order valence-corrected chi connectivity index (χ3v) is 7.61. The van der Waals surface area contributed by atoms with Crippen molar-refractivity contribution < 1.29 is 13.2 Å². The van der Waals surface area contributed by atoms with E-state index in [2.05, 4.69) is 50.5 Å². The second-order valence-corrected chi connectivity index (χ2v) is 12.5. The monoisotopic (exact) mass is 587 g/mol. The normalized spacial score (nSPS) is 17.0. The molecule has 4 aromatic rings. The maximum atomic E-state index is 15.2. The smallest absolute Gasteiger partial charge is 0.256 e. The maximum Gasteiger partial charge on any atom is 0.256 e. The lowest BCUT2D eigenvalue weighted by molar-refractivity contribution is 0.101. The number of hydrogen-bond donors (Lipinski definition) is 3. The molecule has 1 saturated heterocycles. The Morgan fingerprint density at radius 3 is 2.45 bits per heavy atom. The number of nitrogens with zero attached hydrogens (tertiary/aromatic N) is 6. The lowest BCUT2D eigenvalue weighted by atomic mass is 9.89. The summed E-state index contributed by atoms with van der Waals surface area (Å²) in [5.74, 6) is 0.324. The van der Waals surface area contributed by atoms with Crippen molar-refractivity contribution in [1.82, 2.24) is 29.0 Å². The number of anilines is 1. The van der Waals surface area contributed by atoms with E-state index in [9.17, 15) is 8.78 Å². The number of rotatable bonds is 6. The van der Waals surface area contributed by atoms with Crippen molar-refractivity contribution in [3.63, 3.8) is 0 Å². The van der Waals surface area contributed by atoms with Gasteiger partial charge in [-0.3, -0.25) is 0 Å². The summed E-state index contributed by atoms with van der Waals surface area (Å²) in [6.45, 7) is 5.18. The van der Waals surface area contributed by atoms with Crippen molar-refractivity contribution >= 4 is 61.2 Å². The first kappa shape index (κ1) is 29.1. The molecule has 1 aliphatic carbocycles. The molecule has 0 amide bonds. The highest BCUT2D eigenvalue weighted by atomic mass is 32.2. The largest absolute Gasteiger partial charge is 0.350 e. The summed E-state index contributed by atoms with van der Waals surface area (Å²) >= 11 is 7.66. The molecule has 40 heavy (non-hydrogen) atoms. The van der Waals surface area contributed by atoms with Gasteiger partial charge in [0.15, 0.2) is 5.82 Å². The zero-order valence-corrected chi connectivity index (χ0v) is 24.4. The number of aromatic nitrogens is 5. The van der Waals surface area contributed by atoms with Gasteiger partial charge in [-0.25, -0.2) is 27.7 Å². The zero-order valence-electron chi connectivity index (χ0n) is 22.6. The molecule has 0 spiro atoms. The highest BCUT2D eigenvalue weighted by Crippen LogP contribution is 2.32. The van der Waals surface area contributed by atoms with Gasteiger partial charge in [0.2, 0.25) is 5.95 Å². The van der Waals surface area contributed by atoms with Crippen LogP contribution in [0.3, 0.4) is 0 Å². The first-order chi connectivity index (χ1) is 19.1. The number of fused-ring (bicyclic) bond motifs is 2. The molecule has 4 heterocycles. The molecule has 212 valence electrons. The van der Waals surface area contributed by atoms with Crippen molar-refractivity contribution in [3.8, 4) is 11.1 Å². The van der Waals surface area contributed by atoms with Gasteiger partial charge in [-0.2, -0.15) is 25.3 Å². The molecule has 7 nitrogen and oxygen atoms in total. The van der Waals surface area contributed by atoms with Crippen LogP contribution in [0.15, 0.2) is 24.4 Å². The first-order valence-corrected chi connectivity index (χ1v) is 14.6. The lowest BCUT2D eigenvalue weighted by Crippen LogP contribution is -2.47. The maximum absolute atomic E-state index is 15.2. The molecule has 1 saturated carbocycles. The molecule has 1 N–H and O–H groups in total. The Balaban J connectivity index is 0.000000758. The molecule has 0 atom stereocenters. The Morgan fingerprint density at radius 2 is 1.82 bits per heavy atom. The average Bonchev–Trinajstić information content (AvgIpc) is 3.34. The van der Waals surface area contributed by atoms with Crippen molar-refractivity contribution in [2.45, 2.75) is 75.6 Å². The van der Waals surface area contributed by atoms with Gasteiger partial charge in [0.05, 0.1) is 29.3 Å². The Hall–Kier alpha value is -2.38. The molecule has 6 rings (SSSR count). The topological polar surface area (TPSA) is 63.3 Å². The van der Waals surface area contributed by atoms with Crippen LogP contribution in [0.5, 0.6) is 0 Å². The van der Waals surface area contributed by atoms with E-state index in [1.807, 2.05) is 6.92 Å². The Labute approximate surface area is 244 Å². The SMILES string of the molecule is CC(S)S.[B]c1nc(NC2CCN(C3CCC3)CC2)nn2cc(F)c(-c3ccc4nc(C)n(CC(F)F)c4c3)c12. The van der Waals surface area contributed by atoms with E-state index >= 15 is 4.39 Å². The van der Waals surface area contributed by atoms with Crippen LogP contribution in [-0.4, -0.2) is 73.1 Å². The van der Waals surface area contributed by atoms with Crippen LogP contribution in [0.2, 0.25) is 0 Å². The summed E-state index contributed by atoms with van der Waals surface area (Å²) < 4.78 is 44.6. The van der Waals surface area contributed by atoms with Gasteiger partial charge < -0.3 is 14.8 Å². The molecule has 1 aromatic carbocycles. The molecule has 0 unspecified atom stereocenters. The number of likely N-dealkylation sites (tertiary alicyclic amines) is 1. The standard InChI is InChI=1S/C25H27BF3N7.C2H6S2/c1-14-30-19-6-5-15(11-20(19)35(14)13-21(28)29)22-18(27)12-36-23(22)24(26)32-25(33-36)31-16-7-9-34(10-8-16)17-3-2-4-17;1-2(3)4/h5-6,11-12,16-17,21H,2-4,7-10,13H2,1H3,(H,31,33);2-4H,1H3. The van der Waals surface area contributed by atoms with Crippen molar-refractivity contribution in [1.29, 1.82) is 0 Å². The van der Waals surface area contributed by atoms with Crippen LogP contribution in [0.4, 0.5) is 19.1 Å². The third kappa shape index (κ3) is 6.26. The number of thiol groups is 2. The number of piperidine rings is 1. The summed E-state index contributed by atoms with van der Waals surface area (Å²) in [5, 5.41) is 7.86. The summed E-state index contributed by atoms with van der Waals surface area (Å²) in [6.07, 6.45) is 4.67. The number of halogens is 3. The lowest BCUT2D eigenvalue weighted by Gasteiger charge is -2.41. The minimum atomic E-state index is -2.53. The minimum absolute atomic E-state index is 0.149. The van der Waals surface area contributed by atoms with Gasteiger partial charge in [-0.1, -0.05) is 12.5 Å². The minimum Gasteiger partial charge on any atom is -0.350 e. The molecule has 13 heteroatoms. The fourth-order valence-electron chi connectivity index (χ4n) is 5.53. The Bertz CT molecular complexity index is 1480. The predicted octanol–water partition coefficient (Wildman–Crippen LogP) is 4.87. The van der Waals surface area contributed by atoms with Crippen molar-refractivity contribution in [2.24, 2.45) is 0 Å². The van der Waals surface area contributed by atoms with Gasteiger partial charge in [0, 0.05) is 40.9 Å². The fourth-order valence-corrected chi connectivity index (χ4v) is 5.53. The van der Waals surface area contributed by atoms with Crippen LogP contribution < -0.4 is 10.9 Å². The molecule has 2 fully saturated rings. The molecule has 2 aliphatic rings. The number of aryl methyl sites for hydroxylation is 1. The van der Waals surface area contributed by atoms with Gasteiger partial charge in [-0.15, -0.1) is 5.10 Å². The summed E-state index contributed by atoms with van der Waals surface area (Å²) in [6, 6.07) is 6.05. The van der Waals surface area contributed by atoms with E-state index in [-0.39, 0.29) is 21.8 Å². The number of benzene rings is 1. The summed E-state index contributed by atoms with van der Waals surface area (Å²) in [7, 11) is 6.31. The van der Waals surface area contributed by atoms with Crippen LogP contribution in [0.1, 0.15) is 44.9 Å². The second kappa shape index (κ2) is 12.2. The van der Waals surface area contributed by atoms with E-state index < -0.39 is 18.8 Å². The van der Waals surface area contributed by atoms with Crippen LogP contribution in [0.25, 0.3) is 27.7 Å². The Kier molecular flexibility index (Phi) is 8.91. The highest BCUT2D eigenvalue weighted by molar-refractivity contribution is 7.99. The predicted molar refractivity (Wildman–Crippen MR) is 161 cm³/mol. The van der Waals surface area contributed by atoms with E-state index in [1.165, 1.54) is 34.5 Å². The van der Waals surface area contributed by atoms with E-state index in [0.717, 1.165) is 32.0 Å². The average molecular weight is 588 g/mol. The molecule has 1 aliphatic heterocycles. The quantitative estimate of drug-likeness (QED) is 0.171. The van der Waals surface area contributed by atoms with Crippen LogP contribution >= 0.6 is 25.3 Å². The number of imidazole rings is 1. The Morgan fingerprint density at radius 1 is 1.12 bits per heavy atom. The van der Waals surface area contributed by atoms with Crippen molar-refractivity contribution in [2.75, 3.05) is 18.4 Å². The van der Waals surface area contributed by atoms with E-state index in [4.69, 9.17) is 7.85 Å². The van der Waals surface area contributed by atoms with Gasteiger partial charge in [-0.05, 0) is 57.2 Å². The van der Waals surface area contributed by atoms with Crippen LogP contribution in [-0.2, 0) is 6.54 Å². The molecular weight excluding hydrogens is 554 g/mol. The van der Waals surface area contributed by atoms with Crippen molar-refractivity contribution in [3.05, 3.63) is 36.0 Å². The van der Waals surface area contributed by atoms with Gasteiger partial charge >= 0.3 is 0 Å². The first-order valence-electron chi connectivity index (χ1n) is 13.6. The summed E-state index contributed by atoms with van der Waals surface area (Å²) in [5.41, 5.74) is 2.30. The number of hydrogen-bond acceptors (Lipinski definition) is 7. The number of nitrogens with one attached hydrogen (secondary N) is 1. The van der Waals surface area contributed by atoms with Gasteiger partial charge in [0.1, 0.15) is 13.7 Å². The molecular formula is C27H33BF3N7S2. The fraction of sp³-hybridized carbons (Fsp3) is 0.519. The van der Waals surface area contributed by atoms with E-state index in [1.54, 1.807) is 25.1 Å². The van der Waals surface area contributed by atoms with Gasteiger partial charge in [0.25, 0.3) is 6.43 Å².